The van der Waals surface area contributed by atoms with Crippen LogP contribution in [0.2, 0.25) is 5.02 Å². The lowest BCUT2D eigenvalue weighted by Crippen LogP contribution is -2.53. The molecule has 0 bridgehead atoms. The van der Waals surface area contributed by atoms with Gasteiger partial charge in [-0.3, -0.25) is 13.9 Å². The van der Waals surface area contributed by atoms with Crippen LogP contribution in [0.4, 0.5) is 5.69 Å². The number of amides is 2. The third-order valence-electron chi connectivity index (χ3n) is 6.32. The van der Waals surface area contributed by atoms with Gasteiger partial charge < -0.3 is 10.2 Å². The van der Waals surface area contributed by atoms with Crippen molar-refractivity contribution in [2.24, 2.45) is 0 Å². The Morgan fingerprint density at radius 3 is 2.34 bits per heavy atom. The standard InChI is InChI=1S/C26H34ClN3O4S/c1-4-24(26(32)28-22-10-5-6-11-22)29(17-20-9-7-8-19(2)16-20)25(31)18-30(35(3,33)34)23-14-12-21(27)13-15-23/h7-9,12-16,22,24H,4-6,10-11,17-18H2,1-3H3,(H,28,32)/t24-/m1/s1. The summed E-state index contributed by atoms with van der Waals surface area (Å²) in [5.74, 6) is -0.641. The van der Waals surface area contributed by atoms with Crippen molar-refractivity contribution in [1.29, 1.82) is 0 Å². The van der Waals surface area contributed by atoms with Gasteiger partial charge in [0, 0.05) is 17.6 Å². The Labute approximate surface area is 213 Å². The van der Waals surface area contributed by atoms with Gasteiger partial charge in [0.05, 0.1) is 11.9 Å². The van der Waals surface area contributed by atoms with Crippen molar-refractivity contribution < 1.29 is 18.0 Å². The van der Waals surface area contributed by atoms with E-state index in [0.29, 0.717) is 17.1 Å². The monoisotopic (exact) mass is 519 g/mol. The topological polar surface area (TPSA) is 86.8 Å². The molecule has 1 saturated carbocycles. The lowest BCUT2D eigenvalue weighted by Gasteiger charge is -2.33. The van der Waals surface area contributed by atoms with Crippen LogP contribution >= 0.6 is 11.6 Å². The molecule has 0 radical (unpaired) electrons. The van der Waals surface area contributed by atoms with E-state index >= 15 is 0 Å². The fraction of sp³-hybridized carbons (Fsp3) is 0.462. The number of rotatable bonds is 10. The van der Waals surface area contributed by atoms with Crippen molar-refractivity contribution in [1.82, 2.24) is 10.2 Å². The summed E-state index contributed by atoms with van der Waals surface area (Å²) in [5, 5.41) is 3.57. The molecule has 0 heterocycles. The van der Waals surface area contributed by atoms with Crippen LogP contribution < -0.4 is 9.62 Å². The van der Waals surface area contributed by atoms with E-state index in [1.165, 1.54) is 4.90 Å². The van der Waals surface area contributed by atoms with Gasteiger partial charge in [-0.05, 0) is 56.0 Å². The molecular formula is C26H34ClN3O4S. The first-order valence-corrected chi connectivity index (χ1v) is 14.2. The third-order valence-corrected chi connectivity index (χ3v) is 7.71. The second-order valence-electron chi connectivity index (χ2n) is 9.17. The quantitative estimate of drug-likeness (QED) is 0.507. The minimum absolute atomic E-state index is 0.119. The molecule has 2 amide bonds. The zero-order valence-corrected chi connectivity index (χ0v) is 22.1. The minimum atomic E-state index is -3.77. The molecule has 0 aliphatic heterocycles. The maximum Gasteiger partial charge on any atom is 0.244 e. The van der Waals surface area contributed by atoms with Gasteiger partial charge in [0.1, 0.15) is 12.6 Å². The fourth-order valence-electron chi connectivity index (χ4n) is 4.52. The maximum atomic E-state index is 13.7. The molecule has 35 heavy (non-hydrogen) atoms. The molecule has 0 unspecified atom stereocenters. The van der Waals surface area contributed by atoms with Crippen molar-refractivity contribution in [3.05, 3.63) is 64.7 Å². The third kappa shape index (κ3) is 7.45. The summed E-state index contributed by atoms with van der Waals surface area (Å²) in [6, 6.07) is 13.4. The molecule has 0 aromatic heterocycles. The molecule has 9 heteroatoms. The first-order chi connectivity index (χ1) is 16.6. The van der Waals surface area contributed by atoms with Gasteiger partial charge in [-0.1, -0.05) is 61.2 Å². The largest absolute Gasteiger partial charge is 0.352 e. The number of sulfonamides is 1. The number of benzene rings is 2. The van der Waals surface area contributed by atoms with Gasteiger partial charge in [-0.2, -0.15) is 0 Å². The summed E-state index contributed by atoms with van der Waals surface area (Å²) >= 11 is 5.97. The van der Waals surface area contributed by atoms with E-state index < -0.39 is 28.5 Å². The van der Waals surface area contributed by atoms with E-state index in [0.717, 1.165) is 47.4 Å². The Morgan fingerprint density at radius 1 is 1.11 bits per heavy atom. The predicted molar refractivity (Wildman–Crippen MR) is 140 cm³/mol. The van der Waals surface area contributed by atoms with Crippen molar-refractivity contribution in [3.8, 4) is 0 Å². The average Bonchev–Trinajstić information content (AvgIpc) is 3.30. The fourth-order valence-corrected chi connectivity index (χ4v) is 5.49. The van der Waals surface area contributed by atoms with Gasteiger partial charge in [-0.25, -0.2) is 8.42 Å². The number of nitrogens with one attached hydrogen (secondary N) is 1. The molecule has 0 spiro atoms. The highest BCUT2D eigenvalue weighted by atomic mass is 35.5. The first-order valence-electron chi connectivity index (χ1n) is 12.0. The zero-order chi connectivity index (χ0) is 25.6. The number of carbonyl (C=O) groups excluding carboxylic acids is 2. The van der Waals surface area contributed by atoms with Crippen molar-refractivity contribution in [2.45, 2.75) is 64.6 Å². The molecule has 1 N–H and O–H groups in total. The Bertz CT molecular complexity index is 1130. The zero-order valence-electron chi connectivity index (χ0n) is 20.5. The Hall–Kier alpha value is -2.58. The van der Waals surface area contributed by atoms with Gasteiger partial charge >= 0.3 is 0 Å². The normalized spacial score (nSPS) is 15.0. The summed E-state index contributed by atoms with van der Waals surface area (Å²) in [5.41, 5.74) is 2.25. The number of carbonyl (C=O) groups is 2. The van der Waals surface area contributed by atoms with Crippen molar-refractivity contribution in [2.75, 3.05) is 17.1 Å². The van der Waals surface area contributed by atoms with Crippen LogP contribution in [0, 0.1) is 6.92 Å². The molecular weight excluding hydrogens is 486 g/mol. The molecule has 1 aliphatic carbocycles. The van der Waals surface area contributed by atoms with Crippen LogP contribution in [0.1, 0.15) is 50.2 Å². The van der Waals surface area contributed by atoms with E-state index in [1.54, 1.807) is 24.3 Å². The van der Waals surface area contributed by atoms with Crippen LogP contribution in [-0.4, -0.2) is 50.0 Å². The van der Waals surface area contributed by atoms with Crippen LogP contribution in [0.25, 0.3) is 0 Å². The summed E-state index contributed by atoms with van der Waals surface area (Å²) in [4.78, 5) is 28.5. The highest BCUT2D eigenvalue weighted by Crippen LogP contribution is 2.23. The highest BCUT2D eigenvalue weighted by molar-refractivity contribution is 7.92. The lowest BCUT2D eigenvalue weighted by atomic mass is 10.1. The number of halogens is 1. The number of nitrogens with zero attached hydrogens (tertiary/aromatic N) is 2. The van der Waals surface area contributed by atoms with E-state index in [4.69, 9.17) is 11.6 Å². The van der Waals surface area contributed by atoms with Gasteiger partial charge in [-0.15, -0.1) is 0 Å². The molecule has 0 saturated heterocycles. The van der Waals surface area contributed by atoms with E-state index in [9.17, 15) is 18.0 Å². The van der Waals surface area contributed by atoms with E-state index in [1.807, 2.05) is 38.1 Å². The summed E-state index contributed by atoms with van der Waals surface area (Å²) in [7, 11) is -3.77. The second kappa shape index (κ2) is 11.9. The average molecular weight is 520 g/mol. The summed E-state index contributed by atoms with van der Waals surface area (Å²) in [6.45, 7) is 3.61. The minimum Gasteiger partial charge on any atom is -0.352 e. The second-order valence-corrected chi connectivity index (χ2v) is 11.5. The predicted octanol–water partition coefficient (Wildman–Crippen LogP) is 4.28. The molecule has 1 fully saturated rings. The molecule has 1 atom stereocenters. The van der Waals surface area contributed by atoms with Gasteiger partial charge in [0.2, 0.25) is 21.8 Å². The molecule has 2 aromatic carbocycles. The summed E-state index contributed by atoms with van der Waals surface area (Å²) < 4.78 is 26.3. The smallest absolute Gasteiger partial charge is 0.244 e. The number of anilines is 1. The van der Waals surface area contributed by atoms with Gasteiger partial charge in [0.15, 0.2) is 0 Å². The highest BCUT2D eigenvalue weighted by Gasteiger charge is 2.33. The first kappa shape index (κ1) is 27.0. The number of aryl methyl sites for hydroxylation is 1. The van der Waals surface area contributed by atoms with Crippen LogP contribution in [0.3, 0.4) is 0 Å². The molecule has 190 valence electrons. The Kier molecular flexibility index (Phi) is 9.19. The van der Waals surface area contributed by atoms with Crippen LogP contribution in [-0.2, 0) is 26.2 Å². The van der Waals surface area contributed by atoms with Crippen LogP contribution in [0.15, 0.2) is 48.5 Å². The van der Waals surface area contributed by atoms with E-state index in [2.05, 4.69) is 5.32 Å². The van der Waals surface area contributed by atoms with Crippen LogP contribution in [0.5, 0.6) is 0 Å². The number of hydrogen-bond donors (Lipinski definition) is 1. The number of hydrogen-bond acceptors (Lipinski definition) is 4. The maximum absolute atomic E-state index is 13.7. The van der Waals surface area contributed by atoms with Gasteiger partial charge in [0.25, 0.3) is 0 Å². The molecule has 2 aromatic rings. The van der Waals surface area contributed by atoms with Crippen molar-refractivity contribution >= 4 is 39.1 Å². The molecule has 3 rings (SSSR count). The molecule has 7 nitrogen and oxygen atoms in total. The molecule has 1 aliphatic rings. The lowest BCUT2D eigenvalue weighted by molar-refractivity contribution is -0.140. The SMILES string of the molecule is CC[C@H](C(=O)NC1CCCC1)N(Cc1cccc(C)c1)C(=O)CN(c1ccc(Cl)cc1)S(C)(=O)=O. The summed E-state index contributed by atoms with van der Waals surface area (Å²) in [6.07, 6.45) is 5.51. The van der Waals surface area contributed by atoms with Crippen molar-refractivity contribution in [3.63, 3.8) is 0 Å². The Morgan fingerprint density at radius 2 is 1.77 bits per heavy atom. The van der Waals surface area contributed by atoms with E-state index in [-0.39, 0.29) is 18.5 Å². The Balaban J connectivity index is 1.91.